The van der Waals surface area contributed by atoms with Crippen molar-refractivity contribution in [3.8, 4) is 0 Å². The number of aryl methyl sites for hydroxylation is 4. The standard InChI is InChI=1S/C22H28N8OS/c1-13-17(14(2)29(5)28-13)9-10-21(31)30-11-7-6-8-19(30)18-12-20(24-15(3)23-18)25-22-27-26-16(4)32-22/h9-10,12,19H,6-8,11H2,1-5H3,(H,23,24,25,27). The van der Waals surface area contributed by atoms with Crippen LogP contribution in [0.3, 0.4) is 0 Å². The van der Waals surface area contributed by atoms with Gasteiger partial charge in [-0.15, -0.1) is 10.2 Å². The lowest BCUT2D eigenvalue weighted by molar-refractivity contribution is -0.129. The van der Waals surface area contributed by atoms with Gasteiger partial charge in [-0.2, -0.15) is 5.10 Å². The van der Waals surface area contributed by atoms with Gasteiger partial charge in [0.05, 0.1) is 17.4 Å². The Kier molecular flexibility index (Phi) is 6.31. The van der Waals surface area contributed by atoms with Crippen molar-refractivity contribution in [2.45, 2.75) is 53.0 Å². The fourth-order valence-electron chi connectivity index (χ4n) is 4.07. The maximum Gasteiger partial charge on any atom is 0.247 e. The minimum absolute atomic E-state index is 0.0112. The zero-order chi connectivity index (χ0) is 22.8. The molecule has 4 heterocycles. The quantitative estimate of drug-likeness (QED) is 0.587. The van der Waals surface area contributed by atoms with Crippen LogP contribution < -0.4 is 5.32 Å². The van der Waals surface area contributed by atoms with Gasteiger partial charge in [0.2, 0.25) is 11.0 Å². The second-order valence-corrected chi connectivity index (χ2v) is 9.24. The lowest BCUT2D eigenvalue weighted by Gasteiger charge is -2.35. The van der Waals surface area contributed by atoms with Crippen molar-refractivity contribution in [1.29, 1.82) is 0 Å². The van der Waals surface area contributed by atoms with E-state index in [4.69, 9.17) is 0 Å². The molecule has 1 fully saturated rings. The molecule has 1 amide bonds. The second-order valence-electron chi connectivity index (χ2n) is 8.06. The van der Waals surface area contributed by atoms with Crippen molar-refractivity contribution >= 4 is 34.3 Å². The number of carbonyl (C=O) groups is 1. The summed E-state index contributed by atoms with van der Waals surface area (Å²) in [6, 6.07) is 1.83. The number of rotatable bonds is 5. The summed E-state index contributed by atoms with van der Waals surface area (Å²) in [6.45, 7) is 8.44. The number of amides is 1. The minimum Gasteiger partial charge on any atom is -0.331 e. The summed E-state index contributed by atoms with van der Waals surface area (Å²) in [7, 11) is 1.91. The molecule has 0 radical (unpaired) electrons. The number of aromatic nitrogens is 6. The number of nitrogens with zero attached hydrogens (tertiary/aromatic N) is 7. The van der Waals surface area contributed by atoms with Crippen LogP contribution in [0.1, 0.15) is 58.8 Å². The SMILES string of the molecule is Cc1nc(Nc2nnc(C)s2)cc(C2CCCCN2C(=O)C=Cc2c(C)nn(C)c2C)n1. The van der Waals surface area contributed by atoms with Crippen molar-refractivity contribution in [2.24, 2.45) is 7.05 Å². The molecule has 3 aromatic rings. The molecule has 0 bridgehead atoms. The fourth-order valence-corrected chi connectivity index (χ4v) is 4.67. The van der Waals surface area contributed by atoms with Gasteiger partial charge < -0.3 is 10.2 Å². The summed E-state index contributed by atoms with van der Waals surface area (Å²) >= 11 is 1.47. The van der Waals surface area contributed by atoms with Gasteiger partial charge in [0, 0.05) is 37.0 Å². The highest BCUT2D eigenvalue weighted by molar-refractivity contribution is 7.15. The molecule has 10 heteroatoms. The summed E-state index contributed by atoms with van der Waals surface area (Å²) in [5.74, 6) is 1.31. The number of nitrogens with one attached hydrogen (secondary N) is 1. The number of hydrogen-bond acceptors (Lipinski definition) is 8. The van der Waals surface area contributed by atoms with Gasteiger partial charge in [0.15, 0.2) is 0 Å². The minimum atomic E-state index is -0.0876. The third-order valence-corrected chi connectivity index (χ3v) is 6.46. The molecular weight excluding hydrogens is 424 g/mol. The first kappa shape index (κ1) is 22.1. The van der Waals surface area contributed by atoms with Crippen LogP contribution in [0.5, 0.6) is 0 Å². The Morgan fingerprint density at radius 1 is 1.19 bits per heavy atom. The van der Waals surface area contributed by atoms with Crippen LogP contribution in [-0.4, -0.2) is 47.3 Å². The maximum atomic E-state index is 13.2. The van der Waals surface area contributed by atoms with Crippen LogP contribution in [0, 0.1) is 27.7 Å². The molecule has 9 nitrogen and oxygen atoms in total. The van der Waals surface area contributed by atoms with Crippen molar-refractivity contribution in [3.05, 3.63) is 45.6 Å². The molecule has 0 aliphatic carbocycles. The number of likely N-dealkylation sites (tertiary alicyclic amines) is 1. The first-order chi connectivity index (χ1) is 15.3. The highest BCUT2D eigenvalue weighted by atomic mass is 32.1. The highest BCUT2D eigenvalue weighted by Crippen LogP contribution is 2.32. The number of carbonyl (C=O) groups excluding carboxylic acids is 1. The fraction of sp³-hybridized carbons (Fsp3) is 0.455. The molecule has 32 heavy (non-hydrogen) atoms. The Morgan fingerprint density at radius 2 is 2.00 bits per heavy atom. The molecule has 3 aromatic heterocycles. The van der Waals surface area contributed by atoms with E-state index in [-0.39, 0.29) is 11.9 Å². The lowest BCUT2D eigenvalue weighted by atomic mass is 9.98. The molecule has 1 aliphatic rings. The molecule has 1 aliphatic heterocycles. The van der Waals surface area contributed by atoms with Crippen LogP contribution in [0.25, 0.3) is 6.08 Å². The molecule has 0 saturated carbocycles. The topological polar surface area (TPSA) is 102 Å². The molecule has 168 valence electrons. The van der Waals surface area contributed by atoms with Crippen LogP contribution in [0.2, 0.25) is 0 Å². The summed E-state index contributed by atoms with van der Waals surface area (Å²) in [4.78, 5) is 24.3. The number of hydrogen-bond donors (Lipinski definition) is 1. The Balaban J connectivity index is 1.57. The Bertz CT molecular complexity index is 1160. The molecule has 0 spiro atoms. The largest absolute Gasteiger partial charge is 0.331 e. The van der Waals surface area contributed by atoms with E-state index in [0.29, 0.717) is 23.3 Å². The first-order valence-electron chi connectivity index (χ1n) is 10.7. The third-order valence-electron chi connectivity index (χ3n) is 5.70. The van der Waals surface area contributed by atoms with Crippen molar-refractivity contribution in [3.63, 3.8) is 0 Å². The summed E-state index contributed by atoms with van der Waals surface area (Å²) < 4.78 is 1.83. The average Bonchev–Trinajstić information content (AvgIpc) is 3.27. The molecular formula is C22H28N8OS. The zero-order valence-electron chi connectivity index (χ0n) is 19.1. The summed E-state index contributed by atoms with van der Waals surface area (Å²) in [5, 5.41) is 17.4. The van der Waals surface area contributed by atoms with E-state index in [1.54, 1.807) is 6.08 Å². The van der Waals surface area contributed by atoms with Gasteiger partial charge in [-0.05, 0) is 53.0 Å². The zero-order valence-corrected chi connectivity index (χ0v) is 19.9. The van der Waals surface area contributed by atoms with E-state index in [1.807, 2.05) is 56.5 Å². The van der Waals surface area contributed by atoms with Gasteiger partial charge >= 0.3 is 0 Å². The van der Waals surface area contributed by atoms with Gasteiger partial charge in [-0.25, -0.2) is 9.97 Å². The van der Waals surface area contributed by atoms with Gasteiger partial charge in [-0.3, -0.25) is 9.48 Å². The van der Waals surface area contributed by atoms with E-state index >= 15 is 0 Å². The Morgan fingerprint density at radius 3 is 2.69 bits per heavy atom. The monoisotopic (exact) mass is 452 g/mol. The molecule has 0 aromatic carbocycles. The number of piperidine rings is 1. The van der Waals surface area contributed by atoms with Gasteiger partial charge in [0.1, 0.15) is 16.6 Å². The summed E-state index contributed by atoms with van der Waals surface area (Å²) in [6.07, 6.45) is 6.45. The Hall–Kier alpha value is -3.14. The summed E-state index contributed by atoms with van der Waals surface area (Å²) in [5.41, 5.74) is 3.79. The number of anilines is 2. The predicted octanol–water partition coefficient (Wildman–Crippen LogP) is 3.81. The maximum absolute atomic E-state index is 13.2. The predicted molar refractivity (Wildman–Crippen MR) is 125 cm³/mol. The highest BCUT2D eigenvalue weighted by Gasteiger charge is 2.28. The molecule has 1 N–H and O–H groups in total. The van der Waals surface area contributed by atoms with E-state index in [9.17, 15) is 4.79 Å². The second kappa shape index (κ2) is 9.15. The van der Waals surface area contributed by atoms with E-state index in [0.717, 1.165) is 46.9 Å². The van der Waals surface area contributed by atoms with Crippen molar-refractivity contribution in [1.82, 2.24) is 34.8 Å². The van der Waals surface area contributed by atoms with Gasteiger partial charge in [-0.1, -0.05) is 11.3 Å². The van der Waals surface area contributed by atoms with E-state index in [2.05, 4.69) is 30.6 Å². The third kappa shape index (κ3) is 4.69. The molecule has 4 rings (SSSR count). The normalized spacial score (nSPS) is 16.7. The molecule has 1 atom stereocenters. The van der Waals surface area contributed by atoms with Crippen LogP contribution in [0.4, 0.5) is 10.9 Å². The van der Waals surface area contributed by atoms with Crippen LogP contribution >= 0.6 is 11.3 Å². The smallest absolute Gasteiger partial charge is 0.247 e. The lowest BCUT2D eigenvalue weighted by Crippen LogP contribution is -2.38. The van der Waals surface area contributed by atoms with Gasteiger partial charge in [0.25, 0.3) is 0 Å². The van der Waals surface area contributed by atoms with Crippen molar-refractivity contribution < 1.29 is 4.79 Å². The average molecular weight is 453 g/mol. The van der Waals surface area contributed by atoms with E-state index in [1.165, 1.54) is 11.3 Å². The van der Waals surface area contributed by atoms with Crippen LogP contribution in [-0.2, 0) is 11.8 Å². The first-order valence-corrected chi connectivity index (χ1v) is 11.5. The van der Waals surface area contributed by atoms with Crippen molar-refractivity contribution in [2.75, 3.05) is 11.9 Å². The van der Waals surface area contributed by atoms with Crippen LogP contribution in [0.15, 0.2) is 12.1 Å². The van der Waals surface area contributed by atoms with E-state index < -0.39 is 0 Å². The Labute approximate surface area is 191 Å². The molecule has 1 saturated heterocycles. The molecule has 1 unspecified atom stereocenters.